The number of Topliss-reactive ketones (excluding diaryl/α,β-unsaturated/α-hetero) is 1. The number of carbonyl (C=O) groups is 2. The molecule has 168 valence electrons. The van der Waals surface area contributed by atoms with Gasteiger partial charge >= 0.3 is 0 Å². The molecule has 1 aromatic carbocycles. The summed E-state index contributed by atoms with van der Waals surface area (Å²) in [4.78, 5) is 33.5. The zero-order valence-corrected chi connectivity index (χ0v) is 19.0. The topological polar surface area (TPSA) is 98.0 Å². The molecule has 1 atom stereocenters. The molecule has 2 heterocycles. The number of carbonyl (C=O) groups excluding carboxylic acids is 2. The van der Waals surface area contributed by atoms with Gasteiger partial charge in [-0.2, -0.15) is 4.98 Å². The van der Waals surface area contributed by atoms with Gasteiger partial charge in [-0.1, -0.05) is 57.1 Å². The lowest BCUT2D eigenvalue weighted by molar-refractivity contribution is -0.122. The number of nitrogens with zero attached hydrogens (tertiary/aromatic N) is 3. The van der Waals surface area contributed by atoms with Crippen LogP contribution in [-0.4, -0.2) is 26.8 Å². The largest absolute Gasteiger partial charge is 0.344 e. The Hall–Kier alpha value is -3.35. The number of aromatic nitrogens is 3. The highest BCUT2D eigenvalue weighted by Gasteiger charge is 2.25. The van der Waals surface area contributed by atoms with Crippen molar-refractivity contribution in [2.24, 2.45) is 11.8 Å². The van der Waals surface area contributed by atoms with Crippen molar-refractivity contribution in [3.63, 3.8) is 0 Å². The highest BCUT2D eigenvalue weighted by Crippen LogP contribution is 2.23. The van der Waals surface area contributed by atoms with Gasteiger partial charge in [-0.15, -0.1) is 0 Å². The Morgan fingerprint density at radius 1 is 0.969 bits per heavy atom. The molecular formula is C25H30N4O3. The molecule has 0 aliphatic rings. The molecule has 0 fully saturated rings. The van der Waals surface area contributed by atoms with Gasteiger partial charge in [0, 0.05) is 36.4 Å². The van der Waals surface area contributed by atoms with Crippen molar-refractivity contribution in [1.82, 2.24) is 20.4 Å². The number of ketones is 1. The summed E-state index contributed by atoms with van der Waals surface area (Å²) in [6, 6.07) is 10.8. The molecule has 0 saturated heterocycles. The number of benzene rings is 1. The molecule has 7 nitrogen and oxygen atoms in total. The van der Waals surface area contributed by atoms with E-state index in [9.17, 15) is 9.59 Å². The smallest absolute Gasteiger partial charge is 0.249 e. The first kappa shape index (κ1) is 23.3. The average Bonchev–Trinajstić information content (AvgIpc) is 3.26. The monoisotopic (exact) mass is 434 g/mol. The molecule has 0 spiro atoms. The molecule has 2 aromatic heterocycles. The van der Waals surface area contributed by atoms with Gasteiger partial charge < -0.3 is 9.84 Å². The summed E-state index contributed by atoms with van der Waals surface area (Å²) in [6.07, 6.45) is 4.53. The van der Waals surface area contributed by atoms with E-state index < -0.39 is 6.04 Å². The van der Waals surface area contributed by atoms with E-state index in [1.54, 1.807) is 24.5 Å². The van der Waals surface area contributed by atoms with Crippen molar-refractivity contribution in [2.75, 3.05) is 0 Å². The predicted octanol–water partition coefficient (Wildman–Crippen LogP) is 4.81. The number of amides is 1. The van der Waals surface area contributed by atoms with Crippen molar-refractivity contribution < 1.29 is 14.1 Å². The van der Waals surface area contributed by atoms with Crippen LogP contribution in [0.15, 0.2) is 53.3 Å². The zero-order chi connectivity index (χ0) is 23.1. The second-order valence-electron chi connectivity index (χ2n) is 8.70. The highest BCUT2D eigenvalue weighted by molar-refractivity contribution is 5.98. The lowest BCUT2D eigenvalue weighted by Gasteiger charge is -2.18. The number of nitrogens with one attached hydrogen (secondary N) is 1. The molecule has 3 rings (SSSR count). The molecular weight excluding hydrogens is 404 g/mol. The molecule has 3 aromatic rings. The van der Waals surface area contributed by atoms with E-state index in [4.69, 9.17) is 4.52 Å². The van der Waals surface area contributed by atoms with Crippen LogP contribution in [0.3, 0.4) is 0 Å². The average molecular weight is 435 g/mol. The first-order chi connectivity index (χ1) is 15.3. The molecule has 1 amide bonds. The van der Waals surface area contributed by atoms with Gasteiger partial charge in [0.25, 0.3) is 0 Å². The Balaban J connectivity index is 1.57. The van der Waals surface area contributed by atoms with Gasteiger partial charge in [0.1, 0.15) is 6.04 Å². The Morgan fingerprint density at radius 2 is 1.66 bits per heavy atom. The normalized spacial score (nSPS) is 12.2. The van der Waals surface area contributed by atoms with E-state index >= 15 is 0 Å². The lowest BCUT2D eigenvalue weighted by atomic mass is 9.99. The Labute approximate surface area is 188 Å². The molecule has 1 unspecified atom stereocenters. The minimum absolute atomic E-state index is 0.0360. The van der Waals surface area contributed by atoms with Gasteiger partial charge in [-0.25, -0.2) is 0 Å². The fourth-order valence-corrected chi connectivity index (χ4v) is 3.41. The van der Waals surface area contributed by atoms with E-state index in [0.29, 0.717) is 23.2 Å². The first-order valence-electron chi connectivity index (χ1n) is 11.0. The summed E-state index contributed by atoms with van der Waals surface area (Å²) in [6.45, 7) is 8.25. The van der Waals surface area contributed by atoms with Crippen LogP contribution in [0.5, 0.6) is 0 Å². The van der Waals surface area contributed by atoms with E-state index in [1.165, 1.54) is 5.56 Å². The summed E-state index contributed by atoms with van der Waals surface area (Å²) in [7, 11) is 0. The molecule has 0 saturated carbocycles. The standard InChI is InChI=1S/C25H30N4O3/c1-16(2)15-18-5-7-19(8-6-18)21(30)9-10-22(31)27-23(17(3)4)25-28-24(29-32-25)20-11-13-26-14-12-20/h5-8,11-14,16-17,23H,9-10,15H2,1-4H3,(H,27,31). The van der Waals surface area contributed by atoms with E-state index in [-0.39, 0.29) is 30.4 Å². The third kappa shape index (κ3) is 6.33. The molecule has 7 heteroatoms. The van der Waals surface area contributed by atoms with Crippen LogP contribution in [0.4, 0.5) is 0 Å². The Kier molecular flexibility index (Phi) is 7.87. The van der Waals surface area contributed by atoms with E-state index in [1.807, 2.05) is 38.1 Å². The van der Waals surface area contributed by atoms with Crippen LogP contribution in [0.25, 0.3) is 11.4 Å². The van der Waals surface area contributed by atoms with Gasteiger partial charge in [-0.3, -0.25) is 14.6 Å². The summed E-state index contributed by atoms with van der Waals surface area (Å²) in [5.74, 6) is 1.11. The maximum atomic E-state index is 12.6. The first-order valence-corrected chi connectivity index (χ1v) is 11.0. The summed E-state index contributed by atoms with van der Waals surface area (Å²) in [5, 5.41) is 6.95. The molecule has 0 bridgehead atoms. The molecule has 32 heavy (non-hydrogen) atoms. The maximum absolute atomic E-state index is 12.6. The van der Waals surface area contributed by atoms with Gasteiger partial charge in [0.15, 0.2) is 5.78 Å². The van der Waals surface area contributed by atoms with Gasteiger partial charge in [-0.05, 0) is 36.0 Å². The summed E-state index contributed by atoms with van der Waals surface area (Å²) < 4.78 is 5.41. The second kappa shape index (κ2) is 10.8. The van der Waals surface area contributed by atoms with Gasteiger partial charge in [0.05, 0.1) is 0 Å². The van der Waals surface area contributed by atoms with E-state index in [2.05, 4.69) is 34.3 Å². The van der Waals surface area contributed by atoms with Crippen molar-refractivity contribution in [1.29, 1.82) is 0 Å². The van der Waals surface area contributed by atoms with Crippen LogP contribution >= 0.6 is 0 Å². The minimum atomic E-state index is -0.434. The third-order valence-electron chi connectivity index (χ3n) is 5.13. The minimum Gasteiger partial charge on any atom is -0.344 e. The van der Waals surface area contributed by atoms with Crippen molar-refractivity contribution >= 4 is 11.7 Å². The van der Waals surface area contributed by atoms with Crippen molar-refractivity contribution in [3.8, 4) is 11.4 Å². The van der Waals surface area contributed by atoms with Crippen LogP contribution in [0.1, 0.15) is 68.4 Å². The fraction of sp³-hybridized carbons (Fsp3) is 0.400. The van der Waals surface area contributed by atoms with E-state index in [0.717, 1.165) is 12.0 Å². The van der Waals surface area contributed by atoms with Crippen LogP contribution in [0, 0.1) is 11.8 Å². The predicted molar refractivity (Wildman–Crippen MR) is 122 cm³/mol. The second-order valence-corrected chi connectivity index (χ2v) is 8.70. The fourth-order valence-electron chi connectivity index (χ4n) is 3.41. The third-order valence-corrected chi connectivity index (χ3v) is 5.13. The Bertz CT molecular complexity index is 1030. The number of hydrogen-bond acceptors (Lipinski definition) is 6. The van der Waals surface area contributed by atoms with Crippen LogP contribution in [0.2, 0.25) is 0 Å². The molecule has 0 aliphatic heterocycles. The van der Waals surface area contributed by atoms with Crippen LogP contribution in [-0.2, 0) is 11.2 Å². The van der Waals surface area contributed by atoms with Gasteiger partial charge in [0.2, 0.25) is 17.6 Å². The number of rotatable bonds is 10. The van der Waals surface area contributed by atoms with Crippen molar-refractivity contribution in [2.45, 2.75) is 53.0 Å². The highest BCUT2D eigenvalue weighted by atomic mass is 16.5. The molecule has 1 N–H and O–H groups in total. The maximum Gasteiger partial charge on any atom is 0.249 e. The van der Waals surface area contributed by atoms with Crippen molar-refractivity contribution in [3.05, 3.63) is 65.8 Å². The molecule has 0 radical (unpaired) electrons. The SMILES string of the molecule is CC(C)Cc1ccc(C(=O)CCC(=O)NC(c2nc(-c3ccncc3)no2)C(C)C)cc1. The summed E-state index contributed by atoms with van der Waals surface area (Å²) >= 11 is 0. The number of pyridine rings is 1. The zero-order valence-electron chi connectivity index (χ0n) is 19.0. The Morgan fingerprint density at radius 3 is 2.28 bits per heavy atom. The van der Waals surface area contributed by atoms with Crippen LogP contribution < -0.4 is 5.32 Å². The summed E-state index contributed by atoms with van der Waals surface area (Å²) in [5.41, 5.74) is 2.62. The number of hydrogen-bond donors (Lipinski definition) is 1. The lowest BCUT2D eigenvalue weighted by Crippen LogP contribution is -2.32. The quantitative estimate of drug-likeness (QED) is 0.460. The molecule has 0 aliphatic carbocycles.